The third kappa shape index (κ3) is 5.21. The smallest absolute Gasteiger partial charge is 0.251 e. The van der Waals surface area contributed by atoms with E-state index in [4.69, 9.17) is 9.47 Å². The second-order valence-corrected chi connectivity index (χ2v) is 5.19. The molecule has 1 aromatic carbocycles. The van der Waals surface area contributed by atoms with Gasteiger partial charge in [0.05, 0.1) is 13.7 Å². The molecule has 4 nitrogen and oxygen atoms in total. The largest absolute Gasteiger partial charge is 0.496 e. The molecule has 0 aliphatic rings. The lowest BCUT2D eigenvalue weighted by atomic mass is 10.1. The number of carbonyl (C=O) groups excluding carboxylic acids is 1. The topological polar surface area (TPSA) is 47.6 Å². The van der Waals surface area contributed by atoms with Crippen molar-refractivity contribution in [1.29, 1.82) is 0 Å². The first-order valence-electron chi connectivity index (χ1n) is 7.11. The predicted octanol–water partition coefficient (Wildman–Crippen LogP) is 3.01. The van der Waals surface area contributed by atoms with Crippen molar-refractivity contribution in [2.75, 3.05) is 20.3 Å². The summed E-state index contributed by atoms with van der Waals surface area (Å²) >= 11 is 0. The average Bonchev–Trinajstić information content (AvgIpc) is 2.44. The third-order valence-corrected chi connectivity index (χ3v) is 2.79. The summed E-state index contributed by atoms with van der Waals surface area (Å²) in [5, 5.41) is 2.87. The highest BCUT2D eigenvalue weighted by Crippen LogP contribution is 2.21. The standard InChI is InChI=1S/C16H25NO3/c1-5-8-17-16(18)13-6-7-15(19-4)14(9-13)11-20-10-12(2)3/h6-7,9,12H,5,8,10-11H2,1-4H3,(H,17,18). The fourth-order valence-electron chi connectivity index (χ4n) is 1.78. The minimum atomic E-state index is -0.0559. The normalized spacial score (nSPS) is 10.7. The Hall–Kier alpha value is -1.55. The molecule has 1 N–H and O–H groups in total. The van der Waals surface area contributed by atoms with E-state index in [2.05, 4.69) is 19.2 Å². The van der Waals surface area contributed by atoms with Gasteiger partial charge in [0, 0.05) is 24.3 Å². The molecule has 0 radical (unpaired) electrons. The summed E-state index contributed by atoms with van der Waals surface area (Å²) in [6.45, 7) is 8.06. The van der Waals surface area contributed by atoms with Crippen molar-refractivity contribution in [3.05, 3.63) is 29.3 Å². The van der Waals surface area contributed by atoms with Crippen LogP contribution in [-0.4, -0.2) is 26.2 Å². The molecule has 1 rings (SSSR count). The average molecular weight is 279 g/mol. The second kappa shape index (κ2) is 8.59. The number of nitrogens with one attached hydrogen (secondary N) is 1. The zero-order chi connectivity index (χ0) is 15.0. The van der Waals surface area contributed by atoms with Crippen molar-refractivity contribution in [2.45, 2.75) is 33.8 Å². The van der Waals surface area contributed by atoms with E-state index in [1.165, 1.54) is 0 Å². The van der Waals surface area contributed by atoms with Gasteiger partial charge >= 0.3 is 0 Å². The number of benzene rings is 1. The van der Waals surface area contributed by atoms with Gasteiger partial charge in [0.1, 0.15) is 5.75 Å². The molecule has 0 aliphatic carbocycles. The van der Waals surface area contributed by atoms with Crippen LogP contribution in [0.2, 0.25) is 0 Å². The number of hydrogen-bond acceptors (Lipinski definition) is 3. The molecule has 0 aliphatic heterocycles. The Labute approximate surface area is 121 Å². The highest BCUT2D eigenvalue weighted by Gasteiger charge is 2.10. The molecule has 1 amide bonds. The second-order valence-electron chi connectivity index (χ2n) is 5.19. The molecule has 0 heterocycles. The summed E-state index contributed by atoms with van der Waals surface area (Å²) in [5.74, 6) is 1.18. The molecule has 1 aromatic rings. The molecular weight excluding hydrogens is 254 g/mol. The molecular formula is C16H25NO3. The van der Waals surface area contributed by atoms with Crippen molar-refractivity contribution in [3.8, 4) is 5.75 Å². The van der Waals surface area contributed by atoms with Gasteiger partial charge in [0.2, 0.25) is 0 Å². The van der Waals surface area contributed by atoms with Crippen molar-refractivity contribution >= 4 is 5.91 Å². The minimum Gasteiger partial charge on any atom is -0.496 e. The Morgan fingerprint density at radius 2 is 2.10 bits per heavy atom. The van der Waals surface area contributed by atoms with Gasteiger partial charge in [0.25, 0.3) is 5.91 Å². The van der Waals surface area contributed by atoms with E-state index < -0.39 is 0 Å². The first-order valence-corrected chi connectivity index (χ1v) is 7.11. The van der Waals surface area contributed by atoms with E-state index in [0.29, 0.717) is 31.2 Å². The van der Waals surface area contributed by atoms with Crippen LogP contribution >= 0.6 is 0 Å². The number of rotatable bonds is 8. The fourth-order valence-corrected chi connectivity index (χ4v) is 1.78. The number of methoxy groups -OCH3 is 1. The van der Waals surface area contributed by atoms with Crippen LogP contribution in [0.3, 0.4) is 0 Å². The van der Waals surface area contributed by atoms with E-state index >= 15 is 0 Å². The van der Waals surface area contributed by atoms with Gasteiger partial charge in [-0.15, -0.1) is 0 Å². The van der Waals surface area contributed by atoms with Gasteiger partial charge in [-0.2, -0.15) is 0 Å². The van der Waals surface area contributed by atoms with Gasteiger partial charge in [-0.05, 0) is 30.5 Å². The zero-order valence-corrected chi connectivity index (χ0v) is 12.9. The van der Waals surface area contributed by atoms with Gasteiger partial charge in [-0.3, -0.25) is 4.79 Å². The van der Waals surface area contributed by atoms with Crippen LogP contribution in [0, 0.1) is 5.92 Å². The first-order chi connectivity index (χ1) is 9.58. The molecule has 0 saturated carbocycles. The van der Waals surface area contributed by atoms with Crippen molar-refractivity contribution in [3.63, 3.8) is 0 Å². The van der Waals surface area contributed by atoms with E-state index in [-0.39, 0.29) is 5.91 Å². The van der Waals surface area contributed by atoms with Crippen molar-refractivity contribution in [1.82, 2.24) is 5.32 Å². The molecule has 0 bridgehead atoms. The van der Waals surface area contributed by atoms with Gasteiger partial charge in [-0.25, -0.2) is 0 Å². The van der Waals surface area contributed by atoms with Crippen molar-refractivity contribution < 1.29 is 14.3 Å². The SMILES string of the molecule is CCCNC(=O)c1ccc(OC)c(COCC(C)C)c1. The summed E-state index contributed by atoms with van der Waals surface area (Å²) in [4.78, 5) is 11.9. The van der Waals surface area contributed by atoms with E-state index in [1.54, 1.807) is 13.2 Å². The van der Waals surface area contributed by atoms with Gasteiger partial charge < -0.3 is 14.8 Å². The summed E-state index contributed by atoms with van der Waals surface area (Å²) < 4.78 is 10.9. The number of carbonyl (C=O) groups is 1. The maximum absolute atomic E-state index is 11.9. The summed E-state index contributed by atoms with van der Waals surface area (Å²) in [5.41, 5.74) is 1.54. The quantitative estimate of drug-likeness (QED) is 0.795. The highest BCUT2D eigenvalue weighted by atomic mass is 16.5. The van der Waals surface area contributed by atoms with Crippen LogP contribution in [0.15, 0.2) is 18.2 Å². The lowest BCUT2D eigenvalue weighted by Crippen LogP contribution is -2.24. The van der Waals surface area contributed by atoms with Gasteiger partial charge in [-0.1, -0.05) is 20.8 Å². The Kier molecular flexibility index (Phi) is 7.09. The van der Waals surface area contributed by atoms with Crippen LogP contribution in [0.4, 0.5) is 0 Å². The van der Waals surface area contributed by atoms with Crippen LogP contribution < -0.4 is 10.1 Å². The fraction of sp³-hybridized carbons (Fsp3) is 0.562. The lowest BCUT2D eigenvalue weighted by molar-refractivity contribution is 0.0939. The predicted molar refractivity (Wildman–Crippen MR) is 80.1 cm³/mol. The maximum Gasteiger partial charge on any atom is 0.251 e. The summed E-state index contributed by atoms with van der Waals surface area (Å²) in [7, 11) is 1.62. The summed E-state index contributed by atoms with van der Waals surface area (Å²) in [6.07, 6.45) is 0.923. The maximum atomic E-state index is 11.9. The minimum absolute atomic E-state index is 0.0559. The molecule has 0 atom stereocenters. The highest BCUT2D eigenvalue weighted by molar-refractivity contribution is 5.94. The number of amides is 1. The molecule has 0 fully saturated rings. The van der Waals surface area contributed by atoms with E-state index in [1.807, 2.05) is 19.1 Å². The van der Waals surface area contributed by atoms with Crippen LogP contribution in [0.25, 0.3) is 0 Å². The molecule has 20 heavy (non-hydrogen) atoms. The summed E-state index contributed by atoms with van der Waals surface area (Å²) in [6, 6.07) is 5.43. The lowest BCUT2D eigenvalue weighted by Gasteiger charge is -2.12. The molecule has 0 spiro atoms. The molecule has 0 unspecified atom stereocenters. The van der Waals surface area contributed by atoms with Crippen LogP contribution in [0.5, 0.6) is 5.75 Å². The first kappa shape index (κ1) is 16.5. The number of ether oxygens (including phenoxy) is 2. The Morgan fingerprint density at radius 3 is 2.70 bits per heavy atom. The number of hydrogen-bond donors (Lipinski definition) is 1. The van der Waals surface area contributed by atoms with E-state index in [9.17, 15) is 4.79 Å². The molecule has 0 aromatic heterocycles. The Balaban J connectivity index is 2.77. The van der Waals surface area contributed by atoms with Crippen molar-refractivity contribution in [2.24, 2.45) is 5.92 Å². The zero-order valence-electron chi connectivity index (χ0n) is 12.9. The molecule has 4 heteroatoms. The monoisotopic (exact) mass is 279 g/mol. The molecule has 0 saturated heterocycles. The van der Waals surface area contributed by atoms with Crippen LogP contribution in [-0.2, 0) is 11.3 Å². The van der Waals surface area contributed by atoms with Crippen LogP contribution in [0.1, 0.15) is 43.1 Å². The Morgan fingerprint density at radius 1 is 1.35 bits per heavy atom. The van der Waals surface area contributed by atoms with Gasteiger partial charge in [0.15, 0.2) is 0 Å². The van der Waals surface area contributed by atoms with E-state index in [0.717, 1.165) is 17.7 Å². The Bertz CT molecular complexity index is 430. The third-order valence-electron chi connectivity index (χ3n) is 2.79. The molecule has 112 valence electrons.